The van der Waals surface area contributed by atoms with Gasteiger partial charge in [0, 0.05) is 12.6 Å². The topological polar surface area (TPSA) is 41.5 Å². The van der Waals surface area contributed by atoms with Gasteiger partial charge in [-0.25, -0.2) is 0 Å². The minimum absolute atomic E-state index is 0. The maximum Gasteiger partial charge on any atom is 0.257 e. The van der Waals surface area contributed by atoms with Crippen LogP contribution in [0.3, 0.4) is 0 Å². The molecule has 68 valence electrons. The van der Waals surface area contributed by atoms with E-state index in [4.69, 9.17) is 0 Å². The summed E-state index contributed by atoms with van der Waals surface area (Å²) in [7, 11) is 1.66. The lowest BCUT2D eigenvalue weighted by atomic mass is 10.1. The van der Waals surface area contributed by atoms with E-state index in [9.17, 15) is 4.79 Å². The van der Waals surface area contributed by atoms with E-state index >= 15 is 0 Å². The number of fused-ring (bicyclic) bond motifs is 1. The fourth-order valence-corrected chi connectivity index (χ4v) is 1.31. The van der Waals surface area contributed by atoms with Crippen molar-refractivity contribution in [2.75, 3.05) is 7.05 Å². The first-order valence-corrected chi connectivity index (χ1v) is 3.70. The lowest BCUT2D eigenvalue weighted by molar-refractivity contribution is 0.0983. The highest BCUT2D eigenvalue weighted by atomic mass is 31.0. The molecule has 0 aromatic heterocycles. The van der Waals surface area contributed by atoms with E-state index in [0.29, 0.717) is 11.4 Å². The number of carbonyl (C=O) groups is 1. The molecule has 1 atom stereocenters. The second-order valence-corrected chi connectivity index (χ2v) is 2.57. The molecule has 1 aliphatic heterocycles. The maximum atomic E-state index is 11.2. The number of amidine groups is 1. The van der Waals surface area contributed by atoms with E-state index in [-0.39, 0.29) is 15.8 Å². The summed E-state index contributed by atoms with van der Waals surface area (Å²) in [4.78, 5) is 15.2. The molecule has 0 fully saturated rings. The predicted molar refractivity (Wildman–Crippen MR) is 57.5 cm³/mol. The minimum Gasteiger partial charge on any atom is -0.306 e. The smallest absolute Gasteiger partial charge is 0.257 e. The Bertz CT molecular complexity index is 374. The molecule has 0 saturated heterocycles. The van der Waals surface area contributed by atoms with Crippen molar-refractivity contribution in [3.05, 3.63) is 35.4 Å². The van der Waals surface area contributed by atoms with Gasteiger partial charge in [-0.15, -0.1) is 0 Å². The van der Waals surface area contributed by atoms with Crippen molar-refractivity contribution in [1.29, 1.82) is 0 Å². The van der Waals surface area contributed by atoms with Crippen molar-refractivity contribution >= 4 is 21.6 Å². The van der Waals surface area contributed by atoms with E-state index in [1.54, 1.807) is 13.1 Å². The summed E-state index contributed by atoms with van der Waals surface area (Å²) in [6, 6.07) is 7.42. The van der Waals surface area contributed by atoms with Crippen molar-refractivity contribution in [3.63, 3.8) is 0 Å². The van der Waals surface area contributed by atoms with Crippen molar-refractivity contribution in [2.45, 2.75) is 0 Å². The monoisotopic (exact) mass is 194 g/mol. The second kappa shape index (κ2) is 3.67. The second-order valence-electron chi connectivity index (χ2n) is 2.57. The van der Waals surface area contributed by atoms with Gasteiger partial charge in [0.25, 0.3) is 5.91 Å². The van der Waals surface area contributed by atoms with Crippen LogP contribution in [0.15, 0.2) is 29.3 Å². The molecule has 0 saturated carbocycles. The highest BCUT2D eigenvalue weighted by Gasteiger charge is 2.22. The first-order chi connectivity index (χ1) is 5.83. The van der Waals surface area contributed by atoms with Crippen LogP contribution < -0.4 is 5.32 Å². The number of nitrogens with one attached hydrogen (secondary N) is 1. The van der Waals surface area contributed by atoms with Crippen LogP contribution in [0.2, 0.25) is 0 Å². The Morgan fingerprint density at radius 3 is 2.46 bits per heavy atom. The lowest BCUT2D eigenvalue weighted by Gasteiger charge is -1.93. The zero-order chi connectivity index (χ0) is 8.55. The Morgan fingerprint density at radius 1 is 1.23 bits per heavy atom. The Labute approximate surface area is 79.9 Å². The van der Waals surface area contributed by atoms with Crippen LogP contribution in [0.5, 0.6) is 0 Å². The summed E-state index contributed by atoms with van der Waals surface area (Å²) in [6.07, 6.45) is 0. The van der Waals surface area contributed by atoms with Gasteiger partial charge in [0.1, 0.15) is 5.84 Å². The number of carbonyl (C=O) groups excluding carboxylic acids is 1. The van der Waals surface area contributed by atoms with E-state index in [0.717, 1.165) is 5.56 Å². The van der Waals surface area contributed by atoms with Crippen LogP contribution in [0.1, 0.15) is 15.9 Å². The van der Waals surface area contributed by atoms with Crippen LogP contribution >= 0.6 is 9.90 Å². The van der Waals surface area contributed by atoms with Crippen LogP contribution in [0, 0.1) is 0 Å². The molecule has 1 amide bonds. The zero-order valence-electron chi connectivity index (χ0n) is 7.37. The number of hydrogen-bond acceptors (Lipinski definition) is 2. The molecule has 1 aliphatic rings. The van der Waals surface area contributed by atoms with Crippen LogP contribution in [-0.2, 0) is 0 Å². The number of rotatable bonds is 0. The van der Waals surface area contributed by atoms with Crippen LogP contribution in [0.4, 0.5) is 0 Å². The maximum absolute atomic E-state index is 11.2. The van der Waals surface area contributed by atoms with Gasteiger partial charge < -0.3 is 5.32 Å². The molecule has 13 heavy (non-hydrogen) atoms. The minimum atomic E-state index is -0.0637. The molecular formula is C9H11N2OP. The molecule has 0 aliphatic carbocycles. The Morgan fingerprint density at radius 2 is 1.85 bits per heavy atom. The van der Waals surface area contributed by atoms with Gasteiger partial charge in [0.15, 0.2) is 0 Å². The summed E-state index contributed by atoms with van der Waals surface area (Å²) < 4.78 is 0. The molecule has 0 spiro atoms. The third kappa shape index (κ3) is 1.47. The molecule has 0 radical (unpaired) electrons. The SMILES string of the molecule is CN=C1NC(=O)c2ccccc21.P. The molecule has 1 N–H and O–H groups in total. The first-order valence-electron chi connectivity index (χ1n) is 3.70. The fourth-order valence-electron chi connectivity index (χ4n) is 1.31. The largest absolute Gasteiger partial charge is 0.306 e. The highest BCUT2D eigenvalue weighted by molar-refractivity contribution is 6.92. The summed E-state index contributed by atoms with van der Waals surface area (Å²) in [6.45, 7) is 0. The van der Waals surface area contributed by atoms with Crippen molar-refractivity contribution in [2.24, 2.45) is 4.99 Å². The summed E-state index contributed by atoms with van der Waals surface area (Å²) >= 11 is 0. The van der Waals surface area contributed by atoms with Gasteiger partial charge in [-0.2, -0.15) is 9.90 Å². The molecule has 2 rings (SSSR count). The Balaban J connectivity index is 0.000000845. The predicted octanol–water partition coefficient (Wildman–Crippen LogP) is 0.865. The van der Waals surface area contributed by atoms with E-state index in [1.807, 2.05) is 18.2 Å². The number of hydrogen-bond donors (Lipinski definition) is 1. The number of nitrogens with zero attached hydrogens (tertiary/aromatic N) is 1. The van der Waals surface area contributed by atoms with Crippen LogP contribution in [-0.4, -0.2) is 18.8 Å². The van der Waals surface area contributed by atoms with Gasteiger partial charge in [-0.1, -0.05) is 18.2 Å². The number of aliphatic imine (C=N–C) groups is 1. The number of amides is 1. The molecule has 1 aromatic rings. The quantitative estimate of drug-likeness (QED) is 0.611. The normalized spacial score (nSPS) is 16.4. The third-order valence-corrected chi connectivity index (χ3v) is 1.88. The molecule has 1 heterocycles. The van der Waals surface area contributed by atoms with Gasteiger partial charge in [0.2, 0.25) is 0 Å². The molecular weight excluding hydrogens is 183 g/mol. The Kier molecular flexibility index (Phi) is 2.79. The highest BCUT2D eigenvalue weighted by Crippen LogP contribution is 2.14. The average molecular weight is 194 g/mol. The van der Waals surface area contributed by atoms with Gasteiger partial charge in [-0.3, -0.25) is 9.79 Å². The van der Waals surface area contributed by atoms with Gasteiger partial charge in [0.05, 0.1) is 5.56 Å². The molecule has 0 bridgehead atoms. The lowest BCUT2D eigenvalue weighted by Crippen LogP contribution is -2.21. The molecule has 1 unspecified atom stereocenters. The molecule has 1 aromatic carbocycles. The van der Waals surface area contributed by atoms with E-state index in [1.165, 1.54) is 0 Å². The van der Waals surface area contributed by atoms with Crippen molar-refractivity contribution in [1.82, 2.24) is 5.32 Å². The fraction of sp³-hybridized carbons (Fsp3) is 0.111. The van der Waals surface area contributed by atoms with E-state index in [2.05, 4.69) is 10.3 Å². The average Bonchev–Trinajstić information content (AvgIpc) is 2.44. The zero-order valence-corrected chi connectivity index (χ0v) is 8.79. The van der Waals surface area contributed by atoms with Crippen molar-refractivity contribution < 1.29 is 4.79 Å². The summed E-state index contributed by atoms with van der Waals surface area (Å²) in [5, 5.41) is 2.68. The van der Waals surface area contributed by atoms with E-state index < -0.39 is 0 Å². The third-order valence-electron chi connectivity index (χ3n) is 1.88. The van der Waals surface area contributed by atoms with Crippen LogP contribution in [0.25, 0.3) is 0 Å². The summed E-state index contributed by atoms with van der Waals surface area (Å²) in [5.41, 5.74) is 1.60. The molecule has 3 nitrogen and oxygen atoms in total. The number of benzene rings is 1. The standard InChI is InChI=1S/C9H8N2O.H3P/c1-10-8-6-4-2-3-5-7(6)9(12)11-8;/h2-5H,1H3,(H,10,11,12);1H3. The van der Waals surface area contributed by atoms with Crippen molar-refractivity contribution in [3.8, 4) is 0 Å². The molecule has 4 heteroatoms. The first kappa shape index (κ1) is 9.87. The van der Waals surface area contributed by atoms with Gasteiger partial charge >= 0.3 is 0 Å². The summed E-state index contributed by atoms with van der Waals surface area (Å²) in [5.74, 6) is 0.599. The Hall–Kier alpha value is -1.21. The van der Waals surface area contributed by atoms with Gasteiger partial charge in [-0.05, 0) is 6.07 Å².